The Morgan fingerprint density at radius 1 is 1.32 bits per heavy atom. The zero-order chi connectivity index (χ0) is 18.4. The summed E-state index contributed by atoms with van der Waals surface area (Å²) in [5, 5.41) is 7.08. The molecule has 0 spiro atoms. The number of aryl methyl sites for hydroxylation is 2. The second-order valence-corrected chi connectivity index (χ2v) is 5.59. The first-order chi connectivity index (χ1) is 11.9. The van der Waals surface area contributed by atoms with E-state index in [1.165, 1.54) is 6.08 Å². The quantitative estimate of drug-likeness (QED) is 0.751. The number of anilines is 1. The van der Waals surface area contributed by atoms with Crippen molar-refractivity contribution in [2.75, 3.05) is 11.9 Å². The molecule has 2 amide bonds. The lowest BCUT2D eigenvalue weighted by atomic mass is 10.2. The van der Waals surface area contributed by atoms with Crippen LogP contribution >= 0.6 is 0 Å². The van der Waals surface area contributed by atoms with Crippen molar-refractivity contribution in [3.8, 4) is 5.75 Å². The predicted molar refractivity (Wildman–Crippen MR) is 96.1 cm³/mol. The van der Waals surface area contributed by atoms with Crippen LogP contribution in [0.2, 0.25) is 0 Å². The highest BCUT2D eigenvalue weighted by Gasteiger charge is 2.08. The van der Waals surface area contributed by atoms with Crippen LogP contribution in [0, 0.1) is 13.8 Å². The molecule has 0 aliphatic rings. The van der Waals surface area contributed by atoms with E-state index in [1.807, 2.05) is 20.9 Å². The Labute approximate surface area is 146 Å². The van der Waals surface area contributed by atoms with Crippen LogP contribution in [-0.2, 0) is 16.6 Å². The van der Waals surface area contributed by atoms with E-state index >= 15 is 0 Å². The zero-order valence-electron chi connectivity index (χ0n) is 14.6. The number of amides is 2. The van der Waals surface area contributed by atoms with Gasteiger partial charge in [0, 0.05) is 24.4 Å². The summed E-state index contributed by atoms with van der Waals surface area (Å²) in [6.07, 6.45) is 3.31. The number of para-hydroxylation sites is 2. The van der Waals surface area contributed by atoms with E-state index in [4.69, 9.17) is 10.5 Å². The number of nitrogens with zero attached hydrogens (tertiary/aromatic N) is 2. The third-order valence-corrected chi connectivity index (χ3v) is 3.72. The second kappa shape index (κ2) is 8.14. The Morgan fingerprint density at radius 3 is 2.68 bits per heavy atom. The van der Waals surface area contributed by atoms with E-state index in [-0.39, 0.29) is 18.9 Å². The minimum absolute atomic E-state index is 0.113. The zero-order valence-corrected chi connectivity index (χ0v) is 14.6. The maximum atomic E-state index is 12.2. The van der Waals surface area contributed by atoms with Gasteiger partial charge in [-0.2, -0.15) is 5.10 Å². The largest absolute Gasteiger partial charge is 0.491 e. The molecule has 2 aromatic rings. The standard InChI is InChI=1S/C18H22N4O3/c1-12-14(13(2)22(3)21-12)8-9-18(24)20-15-6-4-5-7-16(15)25-11-10-17(19)23/h4-9H,10-11H2,1-3H3,(H2,19,23)(H,20,24). The van der Waals surface area contributed by atoms with Gasteiger partial charge < -0.3 is 15.8 Å². The van der Waals surface area contributed by atoms with Crippen molar-refractivity contribution in [3.63, 3.8) is 0 Å². The highest BCUT2D eigenvalue weighted by atomic mass is 16.5. The van der Waals surface area contributed by atoms with E-state index in [0.717, 1.165) is 17.0 Å². The fraction of sp³-hybridized carbons (Fsp3) is 0.278. The fourth-order valence-corrected chi connectivity index (χ4v) is 2.32. The molecule has 0 atom stereocenters. The maximum Gasteiger partial charge on any atom is 0.248 e. The van der Waals surface area contributed by atoms with Crippen LogP contribution in [0.5, 0.6) is 5.75 Å². The second-order valence-electron chi connectivity index (χ2n) is 5.59. The number of primary amides is 1. The molecule has 0 saturated carbocycles. The molecule has 0 aliphatic carbocycles. The summed E-state index contributed by atoms with van der Waals surface area (Å²) in [4.78, 5) is 23.0. The van der Waals surface area contributed by atoms with Crippen molar-refractivity contribution in [2.24, 2.45) is 12.8 Å². The molecule has 2 rings (SSSR count). The number of nitrogens with one attached hydrogen (secondary N) is 1. The molecule has 0 saturated heterocycles. The number of rotatable bonds is 7. The molecule has 1 aromatic carbocycles. The Morgan fingerprint density at radius 2 is 2.04 bits per heavy atom. The van der Waals surface area contributed by atoms with Crippen LogP contribution in [-0.4, -0.2) is 28.2 Å². The van der Waals surface area contributed by atoms with Crippen LogP contribution in [0.25, 0.3) is 6.08 Å². The number of carbonyl (C=O) groups excluding carboxylic acids is 2. The number of aromatic nitrogens is 2. The van der Waals surface area contributed by atoms with Crippen molar-refractivity contribution in [1.29, 1.82) is 0 Å². The predicted octanol–water partition coefficient (Wildman–Crippen LogP) is 1.94. The van der Waals surface area contributed by atoms with Gasteiger partial charge in [-0.15, -0.1) is 0 Å². The minimum Gasteiger partial charge on any atom is -0.491 e. The van der Waals surface area contributed by atoms with Crippen molar-refractivity contribution in [1.82, 2.24) is 9.78 Å². The van der Waals surface area contributed by atoms with Crippen molar-refractivity contribution in [3.05, 3.63) is 47.3 Å². The Kier molecular flexibility index (Phi) is 5.94. The van der Waals surface area contributed by atoms with Gasteiger partial charge in [0.1, 0.15) is 5.75 Å². The third kappa shape index (κ3) is 4.94. The van der Waals surface area contributed by atoms with Gasteiger partial charge in [-0.1, -0.05) is 12.1 Å². The summed E-state index contributed by atoms with van der Waals surface area (Å²) >= 11 is 0. The molecule has 25 heavy (non-hydrogen) atoms. The molecule has 0 bridgehead atoms. The molecule has 1 heterocycles. The van der Waals surface area contributed by atoms with E-state index in [2.05, 4.69) is 10.4 Å². The number of ether oxygens (including phenoxy) is 1. The van der Waals surface area contributed by atoms with Crippen LogP contribution in [0.4, 0.5) is 5.69 Å². The number of carbonyl (C=O) groups is 2. The molecule has 7 nitrogen and oxygen atoms in total. The molecule has 132 valence electrons. The molecule has 0 aliphatic heterocycles. The van der Waals surface area contributed by atoms with Crippen LogP contribution in [0.3, 0.4) is 0 Å². The van der Waals surface area contributed by atoms with Crippen LogP contribution in [0.1, 0.15) is 23.4 Å². The normalized spacial score (nSPS) is 10.8. The first-order valence-electron chi connectivity index (χ1n) is 7.88. The molecule has 0 radical (unpaired) electrons. The smallest absolute Gasteiger partial charge is 0.248 e. The van der Waals surface area contributed by atoms with Gasteiger partial charge in [-0.05, 0) is 32.1 Å². The minimum atomic E-state index is -0.438. The molecule has 7 heteroatoms. The highest BCUT2D eigenvalue weighted by molar-refractivity contribution is 6.02. The van der Waals surface area contributed by atoms with Gasteiger partial charge in [0.05, 0.1) is 24.4 Å². The monoisotopic (exact) mass is 342 g/mol. The lowest BCUT2D eigenvalue weighted by Crippen LogP contribution is -2.15. The van der Waals surface area contributed by atoms with Crippen molar-refractivity contribution < 1.29 is 14.3 Å². The van der Waals surface area contributed by atoms with Crippen molar-refractivity contribution >= 4 is 23.6 Å². The summed E-state index contributed by atoms with van der Waals surface area (Å²) in [7, 11) is 1.86. The molecule has 0 unspecified atom stereocenters. The van der Waals surface area contributed by atoms with Gasteiger partial charge in [0.25, 0.3) is 0 Å². The van der Waals surface area contributed by atoms with Gasteiger partial charge in [0.2, 0.25) is 11.8 Å². The summed E-state index contributed by atoms with van der Waals surface area (Å²) in [6.45, 7) is 4.00. The Hall–Kier alpha value is -3.09. The average Bonchev–Trinajstić information content (AvgIpc) is 2.79. The molecular formula is C18H22N4O3. The van der Waals surface area contributed by atoms with E-state index in [1.54, 1.807) is 35.0 Å². The summed E-state index contributed by atoms with van der Waals surface area (Å²) in [6, 6.07) is 7.02. The van der Waals surface area contributed by atoms with E-state index in [0.29, 0.717) is 11.4 Å². The molecule has 3 N–H and O–H groups in total. The topological polar surface area (TPSA) is 99.2 Å². The van der Waals surface area contributed by atoms with Crippen LogP contribution < -0.4 is 15.8 Å². The summed E-state index contributed by atoms with van der Waals surface area (Å²) < 4.78 is 7.27. The van der Waals surface area contributed by atoms with Gasteiger partial charge in [-0.3, -0.25) is 14.3 Å². The van der Waals surface area contributed by atoms with E-state index in [9.17, 15) is 9.59 Å². The summed E-state index contributed by atoms with van der Waals surface area (Å²) in [5.74, 6) is -0.237. The highest BCUT2D eigenvalue weighted by Crippen LogP contribution is 2.24. The number of nitrogens with two attached hydrogens (primary N) is 1. The van der Waals surface area contributed by atoms with Crippen molar-refractivity contribution in [2.45, 2.75) is 20.3 Å². The average molecular weight is 342 g/mol. The number of hydrogen-bond acceptors (Lipinski definition) is 4. The maximum absolute atomic E-state index is 12.2. The third-order valence-electron chi connectivity index (χ3n) is 3.72. The molecule has 0 fully saturated rings. The molecule has 1 aromatic heterocycles. The fourth-order valence-electron chi connectivity index (χ4n) is 2.32. The van der Waals surface area contributed by atoms with Gasteiger partial charge in [-0.25, -0.2) is 0 Å². The number of benzene rings is 1. The molecular weight excluding hydrogens is 320 g/mol. The Bertz CT molecular complexity index is 809. The SMILES string of the molecule is Cc1nn(C)c(C)c1C=CC(=O)Nc1ccccc1OCCC(N)=O. The van der Waals surface area contributed by atoms with Gasteiger partial charge in [0.15, 0.2) is 0 Å². The first kappa shape index (κ1) is 18.3. The summed E-state index contributed by atoms with van der Waals surface area (Å²) in [5.41, 5.74) is 8.38. The van der Waals surface area contributed by atoms with Crippen LogP contribution in [0.15, 0.2) is 30.3 Å². The first-order valence-corrected chi connectivity index (χ1v) is 7.88. The van der Waals surface area contributed by atoms with Gasteiger partial charge >= 0.3 is 0 Å². The Balaban J connectivity index is 2.05. The van der Waals surface area contributed by atoms with E-state index < -0.39 is 5.91 Å². The lowest BCUT2D eigenvalue weighted by Gasteiger charge is -2.10. The number of hydrogen-bond donors (Lipinski definition) is 2. The lowest BCUT2D eigenvalue weighted by molar-refractivity contribution is -0.118.